The number of halogens is 6. The number of aromatic nitrogens is 6. The molecule has 24 heteroatoms. The summed E-state index contributed by atoms with van der Waals surface area (Å²) in [6.45, 7) is 15.6. The van der Waals surface area contributed by atoms with E-state index in [-0.39, 0.29) is 139 Å². The summed E-state index contributed by atoms with van der Waals surface area (Å²) in [6.07, 6.45) is 24.0. The number of nitrogens with zero attached hydrogens (tertiary/aromatic N) is 6. The molecule has 0 aromatic carbocycles. The van der Waals surface area contributed by atoms with E-state index in [9.17, 15) is 28.8 Å². The maximum atomic E-state index is 12.1. The van der Waals surface area contributed by atoms with E-state index in [4.69, 9.17) is 34.4 Å². The van der Waals surface area contributed by atoms with Crippen molar-refractivity contribution in [2.24, 2.45) is 64.0 Å². The van der Waals surface area contributed by atoms with Gasteiger partial charge in [-0.1, -0.05) is 118 Å². The van der Waals surface area contributed by atoms with E-state index in [2.05, 4.69) is 29.9 Å². The number of ketones is 6. The first-order valence-electron chi connectivity index (χ1n) is 29.3. The van der Waals surface area contributed by atoms with E-state index in [1.54, 1.807) is 128 Å². The van der Waals surface area contributed by atoms with Crippen molar-refractivity contribution in [3.63, 3.8) is 0 Å². The Morgan fingerprint density at radius 2 is 0.822 bits per heavy atom. The van der Waals surface area contributed by atoms with Gasteiger partial charge in [-0.05, 0) is 128 Å². The molecule has 0 spiro atoms. The minimum Gasteiger partial charge on any atom is -0.327 e. The fourth-order valence-electron chi connectivity index (χ4n) is 8.63. The van der Waals surface area contributed by atoms with Crippen LogP contribution in [-0.4, -0.2) is 100 Å². The van der Waals surface area contributed by atoms with Crippen molar-refractivity contribution in [1.82, 2.24) is 29.9 Å². The molecule has 6 aromatic rings. The average Bonchev–Trinajstić information content (AvgIpc) is 1.71. The highest BCUT2D eigenvalue weighted by Gasteiger charge is 2.36. The SMILES string of the molecule is CC(C)[C@H](N)C(=O)c1ccccn1.CC(C)[C@H](N)C(=O)c1cccnc1.CC(C)[C@H](N)C(=O)c1ccncc1.CC(C)[C@H](N)CC(=O)c1ccccn1.Cl.Cl.Cl.Cl.Cl.Cl.NC1(C(=O)c2ccccn2)CCCCC1.N[C@H](C(=O)c1ccccn1)C1CCCCC1. The maximum absolute atomic E-state index is 12.1. The zero-order chi connectivity index (χ0) is 62.2. The van der Waals surface area contributed by atoms with Crippen LogP contribution in [0, 0.1) is 29.6 Å². The molecule has 6 heterocycles. The quantitative estimate of drug-likeness (QED) is 0.0435. The van der Waals surface area contributed by atoms with Crippen LogP contribution in [0.3, 0.4) is 0 Å². The van der Waals surface area contributed by atoms with Crippen molar-refractivity contribution >= 4 is 109 Å². The van der Waals surface area contributed by atoms with Crippen LogP contribution >= 0.6 is 74.4 Å². The van der Waals surface area contributed by atoms with E-state index in [1.165, 1.54) is 25.7 Å². The molecular formula is C66H98Cl6N12O6. The van der Waals surface area contributed by atoms with E-state index in [0.717, 1.165) is 38.5 Å². The molecule has 2 saturated carbocycles. The second kappa shape index (κ2) is 49.1. The average molecular weight is 1370 g/mol. The van der Waals surface area contributed by atoms with Crippen LogP contribution < -0.4 is 34.4 Å². The number of carbonyl (C=O) groups is 6. The lowest BCUT2D eigenvalue weighted by molar-refractivity contribution is 0.0841. The van der Waals surface area contributed by atoms with Gasteiger partial charge in [0.25, 0.3) is 0 Å². The number of nitrogens with two attached hydrogens (primary N) is 6. The number of rotatable bonds is 18. The summed E-state index contributed by atoms with van der Waals surface area (Å²) in [5, 5.41) is 0. The molecule has 8 rings (SSSR count). The Kier molecular flexibility index (Phi) is 49.6. The van der Waals surface area contributed by atoms with Gasteiger partial charge in [0, 0.05) is 73.2 Å². The van der Waals surface area contributed by atoms with Gasteiger partial charge in [0.15, 0.2) is 28.9 Å². The minimum absolute atomic E-state index is 0. The topological polar surface area (TPSA) is 336 Å². The summed E-state index contributed by atoms with van der Waals surface area (Å²) in [5.74, 6) is 1.02. The Morgan fingerprint density at radius 3 is 1.22 bits per heavy atom. The van der Waals surface area contributed by atoms with Crippen LogP contribution in [0.4, 0.5) is 0 Å². The molecule has 6 aromatic heterocycles. The molecule has 0 radical (unpaired) electrons. The van der Waals surface area contributed by atoms with E-state index < -0.39 is 23.7 Å². The fraction of sp³-hybridized carbons (Fsp3) is 0.455. The summed E-state index contributed by atoms with van der Waals surface area (Å²) < 4.78 is 0. The van der Waals surface area contributed by atoms with Crippen molar-refractivity contribution < 1.29 is 28.8 Å². The third-order valence-corrected chi connectivity index (χ3v) is 14.6. The van der Waals surface area contributed by atoms with Crippen LogP contribution in [-0.2, 0) is 0 Å². The lowest BCUT2D eigenvalue weighted by Crippen LogP contribution is -2.49. The Morgan fingerprint density at radius 1 is 0.422 bits per heavy atom. The largest absolute Gasteiger partial charge is 0.327 e. The van der Waals surface area contributed by atoms with Gasteiger partial charge in [-0.3, -0.25) is 58.7 Å². The van der Waals surface area contributed by atoms with Crippen LogP contribution in [0.5, 0.6) is 0 Å². The highest BCUT2D eigenvalue weighted by Crippen LogP contribution is 2.29. The van der Waals surface area contributed by atoms with Crippen molar-refractivity contribution in [3.05, 3.63) is 181 Å². The smallest absolute Gasteiger partial charge is 0.200 e. The molecule has 0 bridgehead atoms. The van der Waals surface area contributed by atoms with Crippen molar-refractivity contribution in [1.29, 1.82) is 0 Å². The van der Waals surface area contributed by atoms with Gasteiger partial charge in [-0.2, -0.15) is 0 Å². The van der Waals surface area contributed by atoms with Gasteiger partial charge in [0.05, 0.1) is 29.7 Å². The first kappa shape index (κ1) is 90.8. The number of carbonyl (C=O) groups excluding carboxylic acids is 6. The standard InChI is InChI=1S/C13H18N2O.C12H16N2O.C11H16N2O.3C10H14N2O.6ClH/c14-12(10-6-2-1-3-7-10)13(16)11-8-4-5-9-15-11;13-12(7-3-1-4-8-12)11(15)10-6-2-5-9-14-10;1-8(2)9(12)7-11(14)10-5-3-4-6-13-10;1-7(2)9(11)10(13)8-3-5-12-6-4-8;1-7(2)9(11)10(13)8-4-3-5-12-6-8;1-7(2)9(11)10(13)8-5-3-4-6-12-8;;;;;;/h4-5,8-10,12H,1-3,6-7,14H2;2,5-6,9H,1,3-4,7-8,13H2;3-6,8-9H,7,12H2,1-2H3;3*3-7,9H,11H2,1-2H3;6*1H/t12-;;4*9-;;;;;;/m0.1000....../s1. The second-order valence-corrected chi connectivity index (χ2v) is 22.6. The highest BCUT2D eigenvalue weighted by molar-refractivity contribution is 6.02. The lowest BCUT2D eigenvalue weighted by atomic mass is 9.78. The van der Waals surface area contributed by atoms with Gasteiger partial charge in [-0.15, -0.1) is 74.4 Å². The molecule has 2 fully saturated rings. The normalized spacial score (nSPS) is 14.3. The number of hydrogen-bond acceptors (Lipinski definition) is 18. The number of Topliss-reactive ketones (excluding diaryl/α,β-unsaturated/α-hetero) is 6. The molecule has 12 N–H and O–H groups in total. The molecule has 90 heavy (non-hydrogen) atoms. The minimum atomic E-state index is -0.660. The summed E-state index contributed by atoms with van der Waals surface area (Å²) >= 11 is 0. The zero-order valence-corrected chi connectivity index (χ0v) is 57.9. The van der Waals surface area contributed by atoms with Crippen LogP contribution in [0.25, 0.3) is 0 Å². The van der Waals surface area contributed by atoms with Gasteiger partial charge in [0.2, 0.25) is 5.78 Å². The van der Waals surface area contributed by atoms with Gasteiger partial charge in [-0.25, -0.2) is 0 Å². The van der Waals surface area contributed by atoms with Gasteiger partial charge >= 0.3 is 0 Å². The van der Waals surface area contributed by atoms with Gasteiger partial charge < -0.3 is 34.4 Å². The molecule has 0 saturated heterocycles. The number of pyridine rings is 6. The van der Waals surface area contributed by atoms with Crippen molar-refractivity contribution in [3.8, 4) is 0 Å². The Hall–Kier alpha value is -5.58. The molecule has 2 aliphatic rings. The molecule has 5 atom stereocenters. The lowest BCUT2D eigenvalue weighted by Gasteiger charge is -2.31. The fourth-order valence-corrected chi connectivity index (χ4v) is 8.63. The summed E-state index contributed by atoms with van der Waals surface area (Å²) in [7, 11) is 0. The molecular weight excluding hydrogens is 1270 g/mol. The molecule has 500 valence electrons. The predicted octanol–water partition coefficient (Wildman–Crippen LogP) is 12.0. The molecule has 2 aliphatic carbocycles. The number of hydrogen-bond donors (Lipinski definition) is 6. The molecule has 18 nitrogen and oxygen atoms in total. The highest BCUT2D eigenvalue weighted by atomic mass is 35.5. The summed E-state index contributed by atoms with van der Waals surface area (Å²) in [5.41, 5.74) is 37.6. The third-order valence-electron chi connectivity index (χ3n) is 14.6. The zero-order valence-electron chi connectivity index (χ0n) is 53.0. The Labute approximate surface area is 570 Å². The molecule has 0 aliphatic heterocycles. The monoisotopic (exact) mass is 1360 g/mol. The van der Waals surface area contributed by atoms with Gasteiger partial charge in [0.1, 0.15) is 22.8 Å². The van der Waals surface area contributed by atoms with E-state index >= 15 is 0 Å². The van der Waals surface area contributed by atoms with E-state index in [1.807, 2.05) is 73.6 Å². The summed E-state index contributed by atoms with van der Waals surface area (Å²) in [4.78, 5) is 94.4. The Bertz CT molecular complexity index is 2720. The maximum Gasteiger partial charge on any atom is 0.200 e. The second-order valence-electron chi connectivity index (χ2n) is 22.6. The first-order chi connectivity index (χ1) is 40.0. The van der Waals surface area contributed by atoms with Crippen LogP contribution in [0.15, 0.2) is 147 Å². The predicted molar refractivity (Wildman–Crippen MR) is 375 cm³/mol. The Balaban J connectivity index is -0.000000488. The molecule has 0 amide bonds. The summed E-state index contributed by atoms with van der Waals surface area (Å²) in [6, 6.07) is 26.4. The molecule has 0 unspecified atom stereocenters. The van der Waals surface area contributed by atoms with Crippen LogP contribution in [0.1, 0.15) is 189 Å². The van der Waals surface area contributed by atoms with E-state index in [0.29, 0.717) is 52.2 Å². The third kappa shape index (κ3) is 32.1. The first-order valence-corrected chi connectivity index (χ1v) is 29.3. The van der Waals surface area contributed by atoms with Crippen molar-refractivity contribution in [2.75, 3.05) is 0 Å². The van der Waals surface area contributed by atoms with Crippen LogP contribution in [0.2, 0.25) is 0 Å². The van der Waals surface area contributed by atoms with Crippen molar-refractivity contribution in [2.45, 2.75) is 162 Å².